The molecule has 2 aliphatic rings. The van der Waals surface area contributed by atoms with Crippen LogP contribution < -0.4 is 15.4 Å². The first-order chi connectivity index (χ1) is 9.53. The second-order valence-corrected chi connectivity index (χ2v) is 5.02. The van der Waals surface area contributed by atoms with Crippen LogP contribution in [0.15, 0.2) is 12.1 Å². The number of fused-ring (bicyclic) bond motifs is 1. The van der Waals surface area contributed by atoms with Gasteiger partial charge in [-0.2, -0.15) is 0 Å². The van der Waals surface area contributed by atoms with Crippen LogP contribution in [0.4, 0.5) is 17.1 Å². The van der Waals surface area contributed by atoms with Crippen LogP contribution >= 0.6 is 0 Å². The summed E-state index contributed by atoms with van der Waals surface area (Å²) < 4.78 is 5.16. The van der Waals surface area contributed by atoms with Gasteiger partial charge in [0.15, 0.2) is 12.4 Å². The lowest BCUT2D eigenvalue weighted by Crippen LogP contribution is -2.28. The minimum Gasteiger partial charge on any atom is -0.481 e. The van der Waals surface area contributed by atoms with Crippen molar-refractivity contribution < 1.29 is 19.6 Å². The number of carbonyl (C=O) groups is 1. The van der Waals surface area contributed by atoms with Gasteiger partial charge in [0.1, 0.15) is 5.69 Å². The summed E-state index contributed by atoms with van der Waals surface area (Å²) in [6.07, 6.45) is 1.50. The molecule has 20 heavy (non-hydrogen) atoms. The quantitative estimate of drug-likeness (QED) is 0.556. The Balaban J connectivity index is 2.00. The Morgan fingerprint density at radius 1 is 1.50 bits per heavy atom. The molecule has 1 aromatic carbocycles. The molecule has 1 amide bonds. The average Bonchev–Trinajstić information content (AvgIpc) is 3.18. The van der Waals surface area contributed by atoms with Crippen LogP contribution in [0.5, 0.6) is 5.75 Å². The molecule has 0 spiro atoms. The second kappa shape index (κ2) is 4.34. The maximum atomic E-state index is 11.3. The molecule has 0 bridgehead atoms. The highest BCUT2D eigenvalue weighted by molar-refractivity contribution is 5.96. The van der Waals surface area contributed by atoms with E-state index in [0.717, 1.165) is 12.8 Å². The summed E-state index contributed by atoms with van der Waals surface area (Å²) in [6.45, 7) is -0.248. The summed E-state index contributed by atoms with van der Waals surface area (Å²) in [7, 11) is 0. The number of anilines is 2. The summed E-state index contributed by atoms with van der Waals surface area (Å²) in [5.41, 5.74) is 0.0345. The largest absolute Gasteiger partial charge is 0.481 e. The van der Waals surface area contributed by atoms with Crippen LogP contribution in [0, 0.1) is 10.1 Å². The number of rotatable bonds is 4. The lowest BCUT2D eigenvalue weighted by Gasteiger charge is -2.21. The number of benzene rings is 1. The lowest BCUT2D eigenvalue weighted by molar-refractivity contribution is -0.384. The fraction of sp³-hybridized carbons (Fsp3) is 0.417. The Kier molecular flexibility index (Phi) is 2.75. The summed E-state index contributed by atoms with van der Waals surface area (Å²) in [6, 6.07) is 2.75. The van der Waals surface area contributed by atoms with E-state index in [2.05, 4.69) is 10.6 Å². The molecule has 3 N–H and O–H groups in total. The maximum Gasteiger partial charge on any atom is 0.296 e. The summed E-state index contributed by atoms with van der Waals surface area (Å²) >= 11 is 0. The summed E-state index contributed by atoms with van der Waals surface area (Å²) in [5, 5.41) is 26.0. The molecule has 1 aromatic rings. The molecular formula is C12H13N3O5. The van der Waals surface area contributed by atoms with Crippen LogP contribution in [0.2, 0.25) is 0 Å². The van der Waals surface area contributed by atoms with Gasteiger partial charge in [-0.05, 0) is 18.9 Å². The molecule has 1 aliphatic heterocycles. The van der Waals surface area contributed by atoms with Crippen molar-refractivity contribution in [3.05, 3.63) is 22.2 Å². The highest BCUT2D eigenvalue weighted by Gasteiger charge is 2.43. The normalized spacial score (nSPS) is 18.6. The number of ether oxygens (including phenoxy) is 1. The van der Waals surface area contributed by atoms with E-state index < -0.39 is 10.5 Å². The number of hydrogen-bond donors (Lipinski definition) is 3. The van der Waals surface area contributed by atoms with Gasteiger partial charge >= 0.3 is 0 Å². The lowest BCUT2D eigenvalue weighted by atomic mass is 10.1. The van der Waals surface area contributed by atoms with Gasteiger partial charge in [0.25, 0.3) is 11.6 Å². The van der Waals surface area contributed by atoms with Gasteiger partial charge in [-0.25, -0.2) is 0 Å². The van der Waals surface area contributed by atoms with Crippen molar-refractivity contribution in [2.24, 2.45) is 0 Å². The van der Waals surface area contributed by atoms with Crippen molar-refractivity contribution in [2.45, 2.75) is 18.4 Å². The van der Waals surface area contributed by atoms with Crippen molar-refractivity contribution in [3.63, 3.8) is 0 Å². The molecule has 8 heteroatoms. The number of carbonyl (C=O) groups excluding carboxylic acids is 1. The van der Waals surface area contributed by atoms with Gasteiger partial charge in [0.2, 0.25) is 0 Å². The number of nitrogens with zero attached hydrogens (tertiary/aromatic N) is 1. The molecule has 106 valence electrons. The van der Waals surface area contributed by atoms with Crippen molar-refractivity contribution >= 4 is 23.0 Å². The highest BCUT2D eigenvalue weighted by atomic mass is 16.6. The number of aliphatic hydroxyl groups is 1. The standard InChI is InChI=1S/C12H13N3O5/c16-6-12(1-2-12)14-7-3-8-10(4-9(7)15(18)19)20-5-11(17)13-8/h3-4,14,16H,1-2,5-6H2,(H,13,17). The molecule has 1 fully saturated rings. The van der Waals surface area contributed by atoms with Gasteiger partial charge in [0, 0.05) is 0 Å². The van der Waals surface area contributed by atoms with E-state index >= 15 is 0 Å². The zero-order valence-corrected chi connectivity index (χ0v) is 10.5. The minimum atomic E-state index is -0.518. The number of aliphatic hydroxyl groups excluding tert-OH is 1. The molecule has 0 saturated heterocycles. The van der Waals surface area contributed by atoms with E-state index in [1.54, 1.807) is 0 Å². The highest BCUT2D eigenvalue weighted by Crippen LogP contribution is 2.44. The first-order valence-corrected chi connectivity index (χ1v) is 6.17. The monoisotopic (exact) mass is 279 g/mol. The third kappa shape index (κ3) is 2.14. The van der Waals surface area contributed by atoms with Crippen LogP contribution in [-0.2, 0) is 4.79 Å². The van der Waals surface area contributed by atoms with E-state index in [0.29, 0.717) is 5.69 Å². The Hall–Kier alpha value is -2.35. The fourth-order valence-electron chi connectivity index (χ4n) is 2.13. The van der Waals surface area contributed by atoms with Gasteiger partial charge in [0.05, 0.1) is 28.8 Å². The third-order valence-electron chi connectivity index (χ3n) is 3.48. The predicted molar refractivity (Wildman–Crippen MR) is 69.9 cm³/mol. The molecule has 0 atom stereocenters. The maximum absolute atomic E-state index is 11.3. The van der Waals surface area contributed by atoms with Gasteiger partial charge in [-0.3, -0.25) is 14.9 Å². The number of hydrogen-bond acceptors (Lipinski definition) is 6. The number of nitro groups is 1. The van der Waals surface area contributed by atoms with E-state index in [-0.39, 0.29) is 36.2 Å². The number of nitrogens with one attached hydrogen (secondary N) is 2. The molecule has 0 aromatic heterocycles. The number of nitro benzene ring substituents is 1. The van der Waals surface area contributed by atoms with Crippen LogP contribution in [0.25, 0.3) is 0 Å². The van der Waals surface area contributed by atoms with Gasteiger partial charge < -0.3 is 20.5 Å². The molecule has 1 aliphatic carbocycles. The molecule has 0 unspecified atom stereocenters. The Bertz CT molecular complexity index is 597. The number of amides is 1. The Morgan fingerprint density at radius 2 is 2.25 bits per heavy atom. The summed E-state index contributed by atoms with van der Waals surface area (Å²) in [5.74, 6) is -0.0312. The zero-order chi connectivity index (χ0) is 14.3. The molecule has 3 rings (SSSR count). The van der Waals surface area contributed by atoms with E-state index in [4.69, 9.17) is 4.74 Å². The Labute approximate surface area is 113 Å². The Morgan fingerprint density at radius 3 is 2.85 bits per heavy atom. The van der Waals surface area contributed by atoms with Crippen LogP contribution in [-0.4, -0.2) is 34.7 Å². The SMILES string of the molecule is O=C1COc2cc([N+](=O)[O-])c(NC3(CO)CC3)cc2N1. The molecule has 1 saturated carbocycles. The third-order valence-corrected chi connectivity index (χ3v) is 3.48. The smallest absolute Gasteiger partial charge is 0.296 e. The molecule has 1 heterocycles. The first-order valence-electron chi connectivity index (χ1n) is 6.17. The zero-order valence-electron chi connectivity index (χ0n) is 10.5. The van der Waals surface area contributed by atoms with E-state index in [9.17, 15) is 20.0 Å². The van der Waals surface area contributed by atoms with Crippen LogP contribution in [0.1, 0.15) is 12.8 Å². The van der Waals surface area contributed by atoms with Crippen molar-refractivity contribution in [1.29, 1.82) is 0 Å². The first kappa shape index (κ1) is 12.7. The van der Waals surface area contributed by atoms with Crippen molar-refractivity contribution in [3.8, 4) is 5.75 Å². The molecular weight excluding hydrogens is 266 g/mol. The summed E-state index contributed by atoms with van der Waals surface area (Å²) in [4.78, 5) is 21.9. The van der Waals surface area contributed by atoms with E-state index in [1.807, 2.05) is 0 Å². The van der Waals surface area contributed by atoms with E-state index in [1.165, 1.54) is 12.1 Å². The molecule has 0 radical (unpaired) electrons. The second-order valence-electron chi connectivity index (χ2n) is 5.02. The fourth-order valence-corrected chi connectivity index (χ4v) is 2.13. The van der Waals surface area contributed by atoms with Crippen molar-refractivity contribution in [2.75, 3.05) is 23.8 Å². The topological polar surface area (TPSA) is 114 Å². The molecule has 8 nitrogen and oxygen atoms in total. The van der Waals surface area contributed by atoms with Crippen LogP contribution in [0.3, 0.4) is 0 Å². The predicted octanol–water partition coefficient (Wildman–Crippen LogP) is 0.862. The minimum absolute atomic E-state index is 0.0932. The average molecular weight is 279 g/mol. The van der Waals surface area contributed by atoms with Gasteiger partial charge in [-0.1, -0.05) is 0 Å². The van der Waals surface area contributed by atoms with Gasteiger partial charge in [-0.15, -0.1) is 0 Å². The van der Waals surface area contributed by atoms with Crippen molar-refractivity contribution in [1.82, 2.24) is 0 Å².